The summed E-state index contributed by atoms with van der Waals surface area (Å²) >= 11 is 14.7. The van der Waals surface area contributed by atoms with Gasteiger partial charge in [-0.15, -0.1) is 22.7 Å². The average Bonchev–Trinajstić information content (AvgIpc) is 3.46. The molecule has 0 amide bonds. The number of ether oxygens (including phenoxy) is 1. The quantitative estimate of drug-likeness (QED) is 0.280. The number of halogens is 2. The van der Waals surface area contributed by atoms with Gasteiger partial charge in [0.15, 0.2) is 0 Å². The van der Waals surface area contributed by atoms with E-state index in [9.17, 15) is 4.79 Å². The number of aliphatic hydroxyl groups excluding tert-OH is 1. The summed E-state index contributed by atoms with van der Waals surface area (Å²) in [5, 5.41) is 15.9. The minimum absolute atomic E-state index is 0. The van der Waals surface area contributed by atoms with Crippen LogP contribution in [0, 0.1) is 0 Å². The Morgan fingerprint density at radius 2 is 1.37 bits per heavy atom. The molecule has 1 N–H and O–H groups in total. The zero-order valence-corrected chi connectivity index (χ0v) is 24.6. The maximum absolute atomic E-state index is 11.3. The summed E-state index contributed by atoms with van der Waals surface area (Å²) in [6.45, 7) is 2.33. The molecule has 2 heterocycles. The van der Waals surface area contributed by atoms with E-state index in [-0.39, 0.29) is 58.4 Å². The third kappa shape index (κ3) is 10.3. The van der Waals surface area contributed by atoms with Crippen LogP contribution in [0.1, 0.15) is 19.7 Å². The van der Waals surface area contributed by atoms with E-state index in [1.165, 1.54) is 11.3 Å². The monoisotopic (exact) mass is 555 g/mol. The number of thiazole rings is 2. The average molecular weight is 556 g/mol. The minimum Gasteiger partial charge on any atom is -1.00 e. The van der Waals surface area contributed by atoms with E-state index >= 15 is 0 Å². The summed E-state index contributed by atoms with van der Waals surface area (Å²) in [5.74, 6) is -0.245. The van der Waals surface area contributed by atoms with Gasteiger partial charge >= 0.3 is 35.5 Å². The number of benzene rings is 2. The van der Waals surface area contributed by atoms with Crippen molar-refractivity contribution in [1.29, 1.82) is 0 Å². The Bertz CT molecular complexity index is 1180. The summed E-state index contributed by atoms with van der Waals surface area (Å²) in [7, 11) is 0. The van der Waals surface area contributed by atoms with Gasteiger partial charge in [-0.1, -0.05) is 47.5 Å². The first-order valence-electron chi connectivity index (χ1n) is 10.2. The van der Waals surface area contributed by atoms with E-state index < -0.39 is 0 Å². The minimum atomic E-state index is -0.245. The Morgan fingerprint density at radius 3 is 1.83 bits per heavy atom. The van der Waals surface area contributed by atoms with E-state index in [4.69, 9.17) is 33.0 Å². The molecule has 0 atom stereocenters. The van der Waals surface area contributed by atoms with Crippen LogP contribution in [0.5, 0.6) is 0 Å². The van der Waals surface area contributed by atoms with E-state index in [0.717, 1.165) is 37.6 Å². The fourth-order valence-corrected chi connectivity index (χ4v) is 4.67. The zero-order chi connectivity index (χ0) is 23.6. The van der Waals surface area contributed by atoms with E-state index in [1.807, 2.05) is 59.3 Å². The summed E-state index contributed by atoms with van der Waals surface area (Å²) < 4.78 is 4.88. The molecule has 2 aromatic carbocycles. The molecular weight excluding hydrogens is 533 g/mol. The van der Waals surface area contributed by atoms with Crippen LogP contribution in [0.25, 0.3) is 21.1 Å². The Kier molecular flexibility index (Phi) is 15.0. The molecule has 0 saturated carbocycles. The van der Waals surface area contributed by atoms with Crippen molar-refractivity contribution >= 4 is 60.3 Å². The van der Waals surface area contributed by atoms with Gasteiger partial charge in [0.05, 0.1) is 24.4 Å². The molecule has 4 aromatic rings. The first-order chi connectivity index (χ1) is 16.0. The molecule has 2 aromatic heterocycles. The van der Waals surface area contributed by atoms with Crippen molar-refractivity contribution in [2.45, 2.75) is 19.8 Å². The Labute approximate surface area is 248 Å². The van der Waals surface area contributed by atoms with Gasteiger partial charge in [0.25, 0.3) is 0 Å². The Balaban J connectivity index is 0.000000636. The number of esters is 1. The van der Waals surface area contributed by atoms with Crippen LogP contribution in [0.3, 0.4) is 0 Å². The first kappa shape index (κ1) is 31.8. The summed E-state index contributed by atoms with van der Waals surface area (Å²) in [5.41, 5.74) is 3.74. The Morgan fingerprint density at radius 1 is 0.914 bits per heavy atom. The smallest absolute Gasteiger partial charge is 1.00 e. The second kappa shape index (κ2) is 16.5. The molecule has 0 fully saturated rings. The molecule has 0 spiro atoms. The molecule has 0 bridgehead atoms. The molecule has 177 valence electrons. The predicted octanol–water partition coefficient (Wildman–Crippen LogP) is 3.30. The number of carbonyl (C=O) groups excluding carboxylic acids is 1. The molecule has 0 saturated heterocycles. The molecule has 35 heavy (non-hydrogen) atoms. The van der Waals surface area contributed by atoms with Gasteiger partial charge in [0.2, 0.25) is 0 Å². The van der Waals surface area contributed by atoms with Crippen molar-refractivity contribution in [2.24, 2.45) is 0 Å². The fraction of sp³-hybridized carbons (Fsp3) is 0.208. The van der Waals surface area contributed by atoms with Crippen LogP contribution in [0.4, 0.5) is 0 Å². The van der Waals surface area contributed by atoms with Crippen LogP contribution in [-0.2, 0) is 22.4 Å². The van der Waals surface area contributed by atoms with Crippen molar-refractivity contribution in [2.75, 3.05) is 13.2 Å². The van der Waals surface area contributed by atoms with Gasteiger partial charge in [0.1, 0.15) is 10.0 Å². The van der Waals surface area contributed by atoms with Crippen LogP contribution >= 0.6 is 45.9 Å². The van der Waals surface area contributed by atoms with Gasteiger partial charge in [0, 0.05) is 53.4 Å². The Hall–Kier alpha value is -1.23. The van der Waals surface area contributed by atoms with Crippen molar-refractivity contribution in [1.82, 2.24) is 9.97 Å². The number of nitrogens with zero attached hydrogens (tertiary/aromatic N) is 2. The van der Waals surface area contributed by atoms with Crippen molar-refractivity contribution in [3.8, 4) is 21.1 Å². The van der Waals surface area contributed by atoms with E-state index in [1.54, 1.807) is 18.3 Å². The summed E-state index contributed by atoms with van der Waals surface area (Å²) in [6, 6.07) is 15.1. The molecule has 0 aliphatic rings. The largest absolute Gasteiger partial charge is 1.00 e. The number of hydrogen-bond acceptors (Lipinski definition) is 7. The van der Waals surface area contributed by atoms with Gasteiger partial charge in [-0.05, 0) is 31.2 Å². The molecule has 0 aliphatic carbocycles. The first-order valence-corrected chi connectivity index (χ1v) is 12.7. The van der Waals surface area contributed by atoms with Gasteiger partial charge in [-0.2, -0.15) is 0 Å². The molecule has 3 radical (unpaired) electrons. The second-order valence-electron chi connectivity index (χ2n) is 6.76. The molecule has 11 heteroatoms. The van der Waals surface area contributed by atoms with Crippen molar-refractivity contribution in [3.63, 3.8) is 0 Å². The summed E-state index contributed by atoms with van der Waals surface area (Å²) in [4.78, 5) is 20.2. The van der Waals surface area contributed by atoms with Crippen molar-refractivity contribution in [3.05, 3.63) is 80.7 Å². The molecular formula is C24H23BCl2N2NaO3S2. The number of aromatic nitrogens is 2. The van der Waals surface area contributed by atoms with Crippen LogP contribution in [-0.4, -0.2) is 42.7 Å². The van der Waals surface area contributed by atoms with Crippen LogP contribution in [0.2, 0.25) is 10.0 Å². The van der Waals surface area contributed by atoms with Crippen molar-refractivity contribution < 1.29 is 45.6 Å². The normalized spacial score (nSPS) is 9.83. The van der Waals surface area contributed by atoms with Gasteiger partial charge in [-0.3, -0.25) is 4.79 Å². The van der Waals surface area contributed by atoms with E-state index in [0.29, 0.717) is 18.1 Å². The summed E-state index contributed by atoms with van der Waals surface area (Å²) in [6.07, 6.45) is 0.835. The topological polar surface area (TPSA) is 72.3 Å². The standard InChI is InChI=1S/C13H12ClNO2S.C11H10ClNOS.B.Na.H/c1-2-17-12(16)7-11-8-18-13(15-11)9-3-5-10(14)6-4-9;12-9-3-1-8(2-4-9)11-13-10(5-6-14)7-15-11;;;/h3-6,8H,2,7H2,1H3;1-4,7,14H,5-6H2;;;/q;;;+1;-1. The third-order valence-electron chi connectivity index (χ3n) is 4.28. The molecule has 0 unspecified atom stereocenters. The molecule has 4 rings (SSSR count). The molecule has 5 nitrogen and oxygen atoms in total. The number of hydrogen-bond donors (Lipinski definition) is 1. The maximum Gasteiger partial charge on any atom is 1.00 e. The number of rotatable bonds is 7. The van der Waals surface area contributed by atoms with E-state index in [2.05, 4.69) is 9.97 Å². The van der Waals surface area contributed by atoms with Crippen LogP contribution in [0.15, 0.2) is 59.3 Å². The molecule has 0 aliphatic heterocycles. The maximum atomic E-state index is 11.3. The number of carbonyl (C=O) groups is 1. The van der Waals surface area contributed by atoms with Crippen LogP contribution < -0.4 is 29.6 Å². The zero-order valence-electron chi connectivity index (χ0n) is 20.4. The van der Waals surface area contributed by atoms with Gasteiger partial charge < -0.3 is 11.3 Å². The predicted molar refractivity (Wildman–Crippen MR) is 143 cm³/mol. The fourth-order valence-electron chi connectivity index (χ4n) is 2.73. The third-order valence-corrected chi connectivity index (χ3v) is 6.67. The number of aliphatic hydroxyl groups is 1. The second-order valence-corrected chi connectivity index (χ2v) is 9.35. The SMILES string of the molecule is CCOC(=O)Cc1csc(-c2ccc(Cl)cc2)n1.OCCc1csc(-c2ccc(Cl)cc2)n1.[B].[H-].[Na+]. The van der Waals surface area contributed by atoms with Gasteiger partial charge in [-0.25, -0.2) is 9.97 Å².